The second-order valence-electron chi connectivity index (χ2n) is 8.59. The van der Waals surface area contributed by atoms with E-state index in [0.29, 0.717) is 35.0 Å². The molecule has 0 aliphatic carbocycles. The van der Waals surface area contributed by atoms with Crippen LogP contribution in [0.3, 0.4) is 0 Å². The van der Waals surface area contributed by atoms with Gasteiger partial charge >= 0.3 is 12.3 Å². The molecule has 1 aliphatic heterocycles. The van der Waals surface area contributed by atoms with E-state index in [1.807, 2.05) is 20.8 Å². The van der Waals surface area contributed by atoms with Crippen molar-refractivity contribution in [1.82, 2.24) is 9.88 Å². The van der Waals surface area contributed by atoms with Crippen molar-refractivity contribution in [2.75, 3.05) is 24.5 Å². The molecule has 30 heavy (non-hydrogen) atoms. The third-order valence-corrected chi connectivity index (χ3v) is 6.03. The summed E-state index contributed by atoms with van der Waals surface area (Å²) >= 11 is 1.27. The summed E-state index contributed by atoms with van der Waals surface area (Å²) in [6.07, 6.45) is -1.82. The first-order chi connectivity index (χ1) is 14.0. The summed E-state index contributed by atoms with van der Waals surface area (Å²) in [5.41, 5.74) is -0.662. The van der Waals surface area contributed by atoms with Crippen LogP contribution in [0.2, 0.25) is 0 Å². The van der Waals surface area contributed by atoms with Crippen molar-refractivity contribution in [1.29, 1.82) is 0 Å². The fraction of sp³-hybridized carbons (Fsp3) is 0.619. The summed E-state index contributed by atoms with van der Waals surface area (Å²) in [5, 5.41) is 0.703. The molecule has 1 aliphatic rings. The predicted octanol–water partition coefficient (Wildman–Crippen LogP) is 5.93. The van der Waals surface area contributed by atoms with Crippen LogP contribution in [0.4, 0.5) is 23.1 Å². The molecular formula is C21H28F3N3O2S. The van der Waals surface area contributed by atoms with Crippen LogP contribution in [-0.2, 0) is 10.9 Å². The molecule has 2 aromatic rings. The van der Waals surface area contributed by atoms with Gasteiger partial charge in [-0.1, -0.05) is 31.1 Å². The zero-order valence-electron chi connectivity index (χ0n) is 17.8. The van der Waals surface area contributed by atoms with Gasteiger partial charge in [0.25, 0.3) is 0 Å². The van der Waals surface area contributed by atoms with Gasteiger partial charge in [0.15, 0.2) is 5.13 Å². The Bertz CT molecular complexity index is 892. The van der Waals surface area contributed by atoms with Gasteiger partial charge in [-0.3, -0.25) is 0 Å². The number of aromatic nitrogens is 1. The Labute approximate surface area is 178 Å². The van der Waals surface area contributed by atoms with Crippen molar-refractivity contribution in [2.24, 2.45) is 0 Å². The average Bonchev–Trinajstić information content (AvgIpc) is 3.07. The van der Waals surface area contributed by atoms with Gasteiger partial charge < -0.3 is 14.5 Å². The molecule has 166 valence electrons. The maximum Gasteiger partial charge on any atom is 0.416 e. The Morgan fingerprint density at radius 1 is 1.27 bits per heavy atom. The molecule has 5 nitrogen and oxygen atoms in total. The highest BCUT2D eigenvalue weighted by Gasteiger charge is 2.34. The summed E-state index contributed by atoms with van der Waals surface area (Å²) in [6, 6.07) is 3.71. The van der Waals surface area contributed by atoms with Crippen molar-refractivity contribution >= 4 is 32.8 Å². The number of anilines is 1. The molecule has 0 N–H and O–H groups in total. The largest absolute Gasteiger partial charge is 0.444 e. The highest BCUT2D eigenvalue weighted by atomic mass is 32.1. The number of alkyl halides is 3. The van der Waals surface area contributed by atoms with E-state index in [9.17, 15) is 18.0 Å². The third-order valence-electron chi connectivity index (χ3n) is 4.98. The van der Waals surface area contributed by atoms with Crippen molar-refractivity contribution in [3.63, 3.8) is 0 Å². The fourth-order valence-corrected chi connectivity index (χ4v) is 4.60. The number of unbranched alkanes of at least 4 members (excludes halogenated alkanes) is 1. The van der Waals surface area contributed by atoms with Crippen LogP contribution in [0.1, 0.15) is 52.5 Å². The zero-order chi connectivity index (χ0) is 22.1. The zero-order valence-corrected chi connectivity index (χ0v) is 18.6. The molecule has 0 radical (unpaired) electrons. The van der Waals surface area contributed by atoms with E-state index in [-0.39, 0.29) is 12.1 Å². The Morgan fingerprint density at radius 2 is 2.00 bits per heavy atom. The van der Waals surface area contributed by atoms with Crippen molar-refractivity contribution in [3.05, 3.63) is 23.8 Å². The monoisotopic (exact) mass is 443 g/mol. The second-order valence-corrected chi connectivity index (χ2v) is 9.60. The molecule has 0 spiro atoms. The lowest BCUT2D eigenvalue weighted by molar-refractivity contribution is -0.137. The lowest BCUT2D eigenvalue weighted by atomic mass is 10.1. The van der Waals surface area contributed by atoms with Crippen LogP contribution >= 0.6 is 11.3 Å². The number of carbonyl (C=O) groups is 1. The van der Waals surface area contributed by atoms with Crippen molar-refractivity contribution in [3.8, 4) is 0 Å². The van der Waals surface area contributed by atoms with Gasteiger partial charge in [-0.2, -0.15) is 13.2 Å². The van der Waals surface area contributed by atoms with Crippen LogP contribution < -0.4 is 4.90 Å². The van der Waals surface area contributed by atoms with E-state index >= 15 is 0 Å². The van der Waals surface area contributed by atoms with Crippen LogP contribution in [0.5, 0.6) is 0 Å². The number of halogens is 3. The minimum Gasteiger partial charge on any atom is -0.444 e. The number of thiazole rings is 1. The molecule has 1 atom stereocenters. The molecule has 0 saturated carbocycles. The number of hydrogen-bond donors (Lipinski definition) is 0. The molecule has 1 aromatic heterocycles. The minimum atomic E-state index is -4.37. The second kappa shape index (κ2) is 8.61. The van der Waals surface area contributed by atoms with Gasteiger partial charge in [0.2, 0.25) is 0 Å². The van der Waals surface area contributed by atoms with E-state index < -0.39 is 17.3 Å². The van der Waals surface area contributed by atoms with Crippen LogP contribution in [0.15, 0.2) is 18.2 Å². The first-order valence-electron chi connectivity index (χ1n) is 10.2. The van der Waals surface area contributed by atoms with Crippen LogP contribution in [0, 0.1) is 0 Å². The van der Waals surface area contributed by atoms with Crippen LogP contribution in [-0.4, -0.2) is 47.3 Å². The molecular weight excluding hydrogens is 415 g/mol. The van der Waals surface area contributed by atoms with E-state index in [1.165, 1.54) is 17.4 Å². The molecule has 9 heteroatoms. The number of fused-ring (bicyclic) bond motifs is 1. The minimum absolute atomic E-state index is 0.0499. The Morgan fingerprint density at radius 3 is 2.63 bits per heavy atom. The quantitative estimate of drug-likeness (QED) is 0.587. The number of rotatable bonds is 4. The molecule has 0 bridgehead atoms. The normalized spacial score (nSPS) is 18.2. The topological polar surface area (TPSA) is 45.7 Å². The number of carbonyl (C=O) groups excluding carboxylic acids is 1. The van der Waals surface area contributed by atoms with Gasteiger partial charge in [0.1, 0.15) is 5.60 Å². The molecule has 1 aromatic carbocycles. The Hall–Kier alpha value is -2.03. The number of piperazine rings is 1. The summed E-state index contributed by atoms with van der Waals surface area (Å²) in [4.78, 5) is 21.0. The Balaban J connectivity index is 1.82. The molecule has 2 heterocycles. The van der Waals surface area contributed by atoms with E-state index in [0.717, 1.165) is 31.4 Å². The molecule has 1 saturated heterocycles. The number of hydrogen-bond acceptors (Lipinski definition) is 5. The Kier molecular flexibility index (Phi) is 6.50. The van der Waals surface area contributed by atoms with Crippen molar-refractivity contribution < 1.29 is 22.7 Å². The highest BCUT2D eigenvalue weighted by Crippen LogP contribution is 2.36. The molecule has 1 amide bonds. The van der Waals surface area contributed by atoms with Gasteiger partial charge in [-0.25, -0.2) is 9.78 Å². The SMILES string of the molecule is CCCC[C@@H]1CN(C(=O)OC(C)(C)C)CCN1c1nc2ccc(C(F)(F)F)cc2s1. The maximum absolute atomic E-state index is 13.0. The molecule has 1 fully saturated rings. The summed E-state index contributed by atoms with van der Waals surface area (Å²) in [7, 11) is 0. The van der Waals surface area contributed by atoms with Crippen LogP contribution in [0.25, 0.3) is 10.2 Å². The van der Waals surface area contributed by atoms with E-state index in [2.05, 4.69) is 16.8 Å². The highest BCUT2D eigenvalue weighted by molar-refractivity contribution is 7.22. The number of benzene rings is 1. The lowest BCUT2D eigenvalue weighted by Crippen LogP contribution is -2.55. The summed E-state index contributed by atoms with van der Waals surface area (Å²) < 4.78 is 45.1. The van der Waals surface area contributed by atoms with Gasteiger partial charge in [-0.05, 0) is 45.4 Å². The fourth-order valence-electron chi connectivity index (χ4n) is 3.50. The van der Waals surface area contributed by atoms with Crippen molar-refractivity contribution in [2.45, 2.75) is 64.8 Å². The first kappa shape index (κ1) is 22.7. The van der Waals surface area contributed by atoms with Gasteiger partial charge in [0, 0.05) is 25.7 Å². The summed E-state index contributed by atoms with van der Waals surface area (Å²) in [5.74, 6) is 0. The van der Waals surface area contributed by atoms with E-state index in [4.69, 9.17) is 4.74 Å². The van der Waals surface area contributed by atoms with Gasteiger partial charge in [-0.15, -0.1) is 0 Å². The summed E-state index contributed by atoms with van der Waals surface area (Å²) in [6.45, 7) is 9.19. The molecule has 0 unspecified atom stereocenters. The average molecular weight is 444 g/mol. The standard InChI is InChI=1S/C21H28F3N3O2S/c1-5-6-7-15-13-26(19(28)29-20(2,3)4)10-11-27(15)18-25-16-9-8-14(21(22,23)24)12-17(16)30-18/h8-9,12,15H,5-7,10-11,13H2,1-4H3/t15-/m1/s1. The van der Waals surface area contributed by atoms with E-state index in [1.54, 1.807) is 4.90 Å². The molecule has 3 rings (SSSR count). The lowest BCUT2D eigenvalue weighted by Gasteiger charge is -2.41. The number of ether oxygens (including phenoxy) is 1. The third kappa shape index (κ3) is 5.36. The van der Waals surface area contributed by atoms with Gasteiger partial charge in [0.05, 0.1) is 15.8 Å². The first-order valence-corrected chi connectivity index (χ1v) is 11.0. The number of nitrogens with zero attached hydrogens (tertiary/aromatic N) is 3. The number of amides is 1. The predicted molar refractivity (Wildman–Crippen MR) is 113 cm³/mol. The maximum atomic E-state index is 13.0. The smallest absolute Gasteiger partial charge is 0.416 e.